The number of hydrogen-bond acceptors (Lipinski definition) is 3. The lowest BCUT2D eigenvalue weighted by Crippen LogP contribution is -2.37. The van der Waals surface area contributed by atoms with Crippen LogP contribution in [-0.4, -0.2) is 20.1 Å². The Labute approximate surface area is 153 Å². The standard InChI is InChI=1S/C20H22ClNO3/c1-24-16-8-5-14(6-9-16)20(11-3-4-12-20)19(23)22-15-7-10-18(25-2)17(21)13-15/h5-10,13H,3-4,11-12H2,1-2H3,(H,22,23). The van der Waals surface area contributed by atoms with Gasteiger partial charge in [-0.15, -0.1) is 0 Å². The molecule has 25 heavy (non-hydrogen) atoms. The lowest BCUT2D eigenvalue weighted by molar-refractivity contribution is -0.121. The minimum atomic E-state index is -0.501. The second-order valence-electron chi connectivity index (χ2n) is 6.32. The highest BCUT2D eigenvalue weighted by Gasteiger charge is 2.42. The van der Waals surface area contributed by atoms with E-state index >= 15 is 0 Å². The Hall–Kier alpha value is -2.20. The predicted molar refractivity (Wildman–Crippen MR) is 99.8 cm³/mol. The number of carbonyl (C=O) groups is 1. The number of halogens is 1. The molecule has 0 radical (unpaired) electrons. The lowest BCUT2D eigenvalue weighted by atomic mass is 9.78. The van der Waals surface area contributed by atoms with Crippen LogP contribution < -0.4 is 14.8 Å². The Morgan fingerprint density at radius 1 is 1.04 bits per heavy atom. The molecule has 0 saturated heterocycles. The first-order chi connectivity index (χ1) is 12.1. The largest absolute Gasteiger partial charge is 0.497 e. The van der Waals surface area contributed by atoms with E-state index in [-0.39, 0.29) is 5.91 Å². The molecule has 1 aliphatic rings. The summed E-state index contributed by atoms with van der Waals surface area (Å²) in [5.74, 6) is 1.39. The van der Waals surface area contributed by atoms with Gasteiger partial charge in [0.05, 0.1) is 24.7 Å². The molecule has 0 atom stereocenters. The molecule has 0 heterocycles. The van der Waals surface area contributed by atoms with E-state index in [9.17, 15) is 4.79 Å². The van der Waals surface area contributed by atoms with Gasteiger partial charge in [0.1, 0.15) is 11.5 Å². The van der Waals surface area contributed by atoms with Crippen LogP contribution in [0, 0.1) is 0 Å². The van der Waals surface area contributed by atoms with E-state index in [4.69, 9.17) is 21.1 Å². The number of ether oxygens (including phenoxy) is 2. The maximum absolute atomic E-state index is 13.1. The van der Waals surface area contributed by atoms with Crippen LogP contribution in [0.1, 0.15) is 31.2 Å². The van der Waals surface area contributed by atoms with Crippen LogP contribution in [0.5, 0.6) is 11.5 Å². The molecule has 1 N–H and O–H groups in total. The molecular weight excluding hydrogens is 338 g/mol. The molecule has 0 bridgehead atoms. The third kappa shape index (κ3) is 3.45. The summed E-state index contributed by atoms with van der Waals surface area (Å²) >= 11 is 6.17. The van der Waals surface area contributed by atoms with Crippen molar-refractivity contribution in [2.24, 2.45) is 0 Å². The first-order valence-electron chi connectivity index (χ1n) is 8.38. The molecule has 1 fully saturated rings. The summed E-state index contributed by atoms with van der Waals surface area (Å²) in [5, 5.41) is 3.51. The highest BCUT2D eigenvalue weighted by Crippen LogP contribution is 2.42. The highest BCUT2D eigenvalue weighted by atomic mass is 35.5. The summed E-state index contributed by atoms with van der Waals surface area (Å²) in [6.45, 7) is 0. The highest BCUT2D eigenvalue weighted by molar-refractivity contribution is 6.32. The van der Waals surface area contributed by atoms with Crippen molar-refractivity contribution in [3.63, 3.8) is 0 Å². The normalized spacial score (nSPS) is 15.6. The summed E-state index contributed by atoms with van der Waals surface area (Å²) in [6, 6.07) is 13.1. The topological polar surface area (TPSA) is 47.6 Å². The van der Waals surface area contributed by atoms with Gasteiger partial charge >= 0.3 is 0 Å². The molecule has 2 aromatic rings. The maximum Gasteiger partial charge on any atom is 0.235 e. The van der Waals surface area contributed by atoms with Crippen molar-refractivity contribution in [2.75, 3.05) is 19.5 Å². The van der Waals surface area contributed by atoms with E-state index in [2.05, 4.69) is 5.32 Å². The fraction of sp³-hybridized carbons (Fsp3) is 0.350. The number of methoxy groups -OCH3 is 2. The molecule has 3 rings (SSSR count). The monoisotopic (exact) mass is 359 g/mol. The Kier molecular flexibility index (Phi) is 5.19. The minimum absolute atomic E-state index is 0.0106. The van der Waals surface area contributed by atoms with E-state index < -0.39 is 5.41 Å². The molecule has 1 amide bonds. The molecule has 2 aromatic carbocycles. The number of hydrogen-bond donors (Lipinski definition) is 1. The summed E-state index contributed by atoms with van der Waals surface area (Å²) in [7, 11) is 3.21. The van der Waals surface area contributed by atoms with Crippen molar-refractivity contribution in [1.82, 2.24) is 0 Å². The van der Waals surface area contributed by atoms with E-state index in [0.717, 1.165) is 37.0 Å². The van der Waals surface area contributed by atoms with Crippen molar-refractivity contribution >= 4 is 23.2 Å². The van der Waals surface area contributed by atoms with Crippen LogP contribution >= 0.6 is 11.6 Å². The fourth-order valence-corrected chi connectivity index (χ4v) is 3.79. The molecule has 0 aromatic heterocycles. The van der Waals surface area contributed by atoms with Crippen LogP contribution in [0.2, 0.25) is 5.02 Å². The summed E-state index contributed by atoms with van der Waals surface area (Å²) in [6.07, 6.45) is 3.77. The molecule has 5 heteroatoms. The van der Waals surface area contributed by atoms with E-state index in [1.165, 1.54) is 0 Å². The summed E-state index contributed by atoms with van der Waals surface area (Å²) in [5.41, 5.74) is 1.21. The summed E-state index contributed by atoms with van der Waals surface area (Å²) in [4.78, 5) is 13.1. The SMILES string of the molecule is COc1ccc(C2(C(=O)Nc3ccc(OC)c(Cl)c3)CCCC2)cc1. The maximum atomic E-state index is 13.1. The second-order valence-corrected chi connectivity index (χ2v) is 6.73. The van der Waals surface area contributed by atoms with Crippen molar-refractivity contribution in [2.45, 2.75) is 31.1 Å². The quantitative estimate of drug-likeness (QED) is 0.833. The number of anilines is 1. The van der Waals surface area contributed by atoms with E-state index in [1.807, 2.05) is 24.3 Å². The average Bonchev–Trinajstić information content (AvgIpc) is 3.13. The molecule has 132 valence electrons. The van der Waals surface area contributed by atoms with E-state index in [0.29, 0.717) is 16.5 Å². The molecule has 0 spiro atoms. The average molecular weight is 360 g/mol. The van der Waals surface area contributed by atoms with Gasteiger partial charge in [-0.3, -0.25) is 4.79 Å². The van der Waals surface area contributed by atoms with Gasteiger partial charge in [-0.2, -0.15) is 0 Å². The number of carbonyl (C=O) groups excluding carboxylic acids is 1. The molecule has 0 unspecified atom stereocenters. The van der Waals surface area contributed by atoms with E-state index in [1.54, 1.807) is 32.4 Å². The first-order valence-corrected chi connectivity index (χ1v) is 8.76. The van der Waals surface area contributed by atoms with Crippen LogP contribution in [-0.2, 0) is 10.2 Å². The van der Waals surface area contributed by atoms with Gasteiger partial charge in [-0.05, 0) is 48.7 Å². The molecular formula is C20H22ClNO3. The van der Waals surface area contributed by atoms with Gasteiger partial charge in [-0.25, -0.2) is 0 Å². The molecule has 0 aliphatic heterocycles. The first kappa shape index (κ1) is 17.6. The zero-order valence-electron chi connectivity index (χ0n) is 14.5. The third-order valence-electron chi connectivity index (χ3n) is 4.94. The second kappa shape index (κ2) is 7.36. The minimum Gasteiger partial charge on any atom is -0.497 e. The van der Waals surface area contributed by atoms with Gasteiger partial charge < -0.3 is 14.8 Å². The van der Waals surface area contributed by atoms with Gasteiger partial charge in [0, 0.05) is 5.69 Å². The van der Waals surface area contributed by atoms with Crippen LogP contribution in [0.15, 0.2) is 42.5 Å². The van der Waals surface area contributed by atoms with Gasteiger partial charge in [-0.1, -0.05) is 36.6 Å². The fourth-order valence-electron chi connectivity index (χ4n) is 3.53. The van der Waals surface area contributed by atoms with Gasteiger partial charge in [0.2, 0.25) is 5.91 Å². The van der Waals surface area contributed by atoms with Gasteiger partial charge in [0.25, 0.3) is 0 Å². The van der Waals surface area contributed by atoms with Crippen molar-refractivity contribution in [3.05, 3.63) is 53.1 Å². The Morgan fingerprint density at radius 3 is 2.28 bits per heavy atom. The molecule has 1 aliphatic carbocycles. The van der Waals surface area contributed by atoms with Crippen molar-refractivity contribution in [3.8, 4) is 11.5 Å². The van der Waals surface area contributed by atoms with Crippen LogP contribution in [0.3, 0.4) is 0 Å². The number of benzene rings is 2. The van der Waals surface area contributed by atoms with Crippen LogP contribution in [0.25, 0.3) is 0 Å². The Morgan fingerprint density at radius 2 is 1.72 bits per heavy atom. The smallest absolute Gasteiger partial charge is 0.235 e. The Balaban J connectivity index is 1.87. The number of rotatable bonds is 5. The van der Waals surface area contributed by atoms with Crippen LogP contribution in [0.4, 0.5) is 5.69 Å². The zero-order chi connectivity index (χ0) is 17.9. The lowest BCUT2D eigenvalue weighted by Gasteiger charge is -2.28. The number of nitrogens with one attached hydrogen (secondary N) is 1. The van der Waals surface area contributed by atoms with Crippen molar-refractivity contribution < 1.29 is 14.3 Å². The summed E-state index contributed by atoms with van der Waals surface area (Å²) < 4.78 is 10.4. The van der Waals surface area contributed by atoms with Gasteiger partial charge in [0.15, 0.2) is 0 Å². The predicted octanol–water partition coefficient (Wildman–Crippen LogP) is 4.81. The number of amides is 1. The molecule has 1 saturated carbocycles. The molecule has 4 nitrogen and oxygen atoms in total. The van der Waals surface area contributed by atoms with Crippen molar-refractivity contribution in [1.29, 1.82) is 0 Å². The Bertz CT molecular complexity index is 752. The third-order valence-corrected chi connectivity index (χ3v) is 5.24. The zero-order valence-corrected chi connectivity index (χ0v) is 15.2.